The van der Waals surface area contributed by atoms with Crippen molar-refractivity contribution in [2.45, 2.75) is 6.92 Å². The van der Waals surface area contributed by atoms with Crippen LogP contribution in [-0.4, -0.2) is 37.0 Å². The number of piperazine rings is 1. The van der Waals surface area contributed by atoms with E-state index in [2.05, 4.69) is 58.7 Å². The molecule has 0 N–H and O–H groups in total. The first-order valence-electron chi connectivity index (χ1n) is 7.66. The summed E-state index contributed by atoms with van der Waals surface area (Å²) in [5, 5.41) is 0. The predicted molar refractivity (Wildman–Crippen MR) is 100 cm³/mol. The molecule has 2 heterocycles. The van der Waals surface area contributed by atoms with E-state index >= 15 is 0 Å². The molecule has 0 bridgehead atoms. The van der Waals surface area contributed by atoms with Crippen LogP contribution in [0.4, 0.5) is 5.69 Å². The summed E-state index contributed by atoms with van der Waals surface area (Å²) in [6, 6.07) is 12.2. The van der Waals surface area contributed by atoms with Gasteiger partial charge in [0.2, 0.25) is 5.91 Å². The largest absolute Gasteiger partial charge is 0.451 e. The SMILES string of the molecule is Cc1cccc(N2CCN(C(=O)/C=C/c3ccc(I)o3)CC2)c1. The van der Waals surface area contributed by atoms with E-state index in [4.69, 9.17) is 4.42 Å². The van der Waals surface area contributed by atoms with Gasteiger partial charge in [0, 0.05) is 37.9 Å². The lowest BCUT2D eigenvalue weighted by molar-refractivity contribution is -0.126. The number of rotatable bonds is 3. The number of carbonyl (C=O) groups is 1. The molecule has 3 rings (SSSR count). The third-order valence-corrected chi connectivity index (χ3v) is 4.52. The Hall–Kier alpha value is -1.76. The molecule has 120 valence electrons. The first-order valence-corrected chi connectivity index (χ1v) is 8.73. The Bertz CT molecular complexity index is 715. The number of anilines is 1. The zero-order valence-corrected chi connectivity index (χ0v) is 15.2. The number of nitrogens with zero attached hydrogens (tertiary/aromatic N) is 2. The van der Waals surface area contributed by atoms with E-state index < -0.39 is 0 Å². The van der Waals surface area contributed by atoms with Crippen LogP contribution in [0.3, 0.4) is 0 Å². The highest BCUT2D eigenvalue weighted by atomic mass is 127. The van der Waals surface area contributed by atoms with Crippen LogP contribution >= 0.6 is 22.6 Å². The minimum absolute atomic E-state index is 0.0419. The van der Waals surface area contributed by atoms with Crippen LogP contribution in [0.15, 0.2) is 46.9 Å². The van der Waals surface area contributed by atoms with Crippen molar-refractivity contribution in [3.63, 3.8) is 0 Å². The monoisotopic (exact) mass is 422 g/mol. The van der Waals surface area contributed by atoms with Gasteiger partial charge >= 0.3 is 0 Å². The van der Waals surface area contributed by atoms with Gasteiger partial charge in [-0.2, -0.15) is 0 Å². The lowest BCUT2D eigenvalue weighted by Crippen LogP contribution is -2.48. The van der Waals surface area contributed by atoms with Crippen LogP contribution in [-0.2, 0) is 4.79 Å². The van der Waals surface area contributed by atoms with Crippen molar-refractivity contribution >= 4 is 40.3 Å². The molecule has 1 aromatic heterocycles. The van der Waals surface area contributed by atoms with Crippen molar-refractivity contribution in [2.24, 2.45) is 0 Å². The van der Waals surface area contributed by atoms with Gasteiger partial charge in [0.05, 0.1) is 0 Å². The fourth-order valence-corrected chi connectivity index (χ4v) is 3.12. The fraction of sp³-hybridized carbons (Fsp3) is 0.278. The third kappa shape index (κ3) is 4.16. The lowest BCUT2D eigenvalue weighted by atomic mass is 10.2. The summed E-state index contributed by atoms with van der Waals surface area (Å²) in [5.74, 6) is 0.751. The Morgan fingerprint density at radius 3 is 2.61 bits per heavy atom. The molecule has 4 nitrogen and oxygen atoms in total. The average molecular weight is 422 g/mol. The molecule has 5 heteroatoms. The molecule has 1 amide bonds. The highest BCUT2D eigenvalue weighted by Crippen LogP contribution is 2.18. The fourth-order valence-electron chi connectivity index (χ4n) is 2.69. The average Bonchev–Trinajstić information content (AvgIpc) is 2.98. The van der Waals surface area contributed by atoms with Gasteiger partial charge < -0.3 is 14.2 Å². The normalized spacial score (nSPS) is 15.4. The molecule has 1 aliphatic heterocycles. The van der Waals surface area contributed by atoms with Crippen molar-refractivity contribution in [3.05, 3.63) is 57.6 Å². The van der Waals surface area contributed by atoms with Gasteiger partial charge in [-0.25, -0.2) is 0 Å². The minimum Gasteiger partial charge on any atom is -0.451 e. The minimum atomic E-state index is 0.0419. The van der Waals surface area contributed by atoms with E-state index in [1.807, 2.05) is 17.0 Å². The van der Waals surface area contributed by atoms with E-state index in [-0.39, 0.29) is 5.91 Å². The standard InChI is InChI=1S/C18H19IN2O2/c1-14-3-2-4-15(13-14)20-9-11-21(12-10-20)18(22)8-6-16-5-7-17(19)23-16/h2-8,13H,9-12H2,1H3/b8-6+. The first kappa shape index (κ1) is 16.1. The topological polar surface area (TPSA) is 36.7 Å². The van der Waals surface area contributed by atoms with Crippen LogP contribution in [0, 0.1) is 10.7 Å². The second kappa shape index (κ2) is 7.21. The van der Waals surface area contributed by atoms with Gasteiger partial charge in [0.15, 0.2) is 3.77 Å². The summed E-state index contributed by atoms with van der Waals surface area (Å²) in [6.07, 6.45) is 3.33. The molecule has 1 aliphatic rings. The van der Waals surface area contributed by atoms with Crippen LogP contribution in [0.25, 0.3) is 6.08 Å². The molecule has 1 aromatic carbocycles. The molecular formula is C18H19IN2O2. The quantitative estimate of drug-likeness (QED) is 0.561. The third-order valence-electron chi connectivity index (χ3n) is 3.94. The first-order chi connectivity index (χ1) is 11.1. The molecule has 1 fully saturated rings. The number of benzene rings is 1. The zero-order chi connectivity index (χ0) is 16.2. The summed E-state index contributed by atoms with van der Waals surface area (Å²) in [6.45, 7) is 5.31. The van der Waals surface area contributed by atoms with Gasteiger partial charge in [0.1, 0.15) is 5.76 Å². The molecule has 0 spiro atoms. The van der Waals surface area contributed by atoms with E-state index in [0.717, 1.165) is 29.9 Å². The van der Waals surface area contributed by atoms with Gasteiger partial charge in [-0.05, 0) is 65.4 Å². The summed E-state index contributed by atoms with van der Waals surface area (Å²) >= 11 is 2.11. The second-order valence-corrected chi connectivity index (χ2v) is 6.69. The van der Waals surface area contributed by atoms with Gasteiger partial charge in [-0.1, -0.05) is 12.1 Å². The molecule has 2 aromatic rings. The van der Waals surface area contributed by atoms with Crippen molar-refractivity contribution < 1.29 is 9.21 Å². The number of furan rings is 1. The molecule has 0 aliphatic carbocycles. The number of aryl methyl sites for hydroxylation is 1. The number of hydrogen-bond acceptors (Lipinski definition) is 3. The van der Waals surface area contributed by atoms with Gasteiger partial charge in [0.25, 0.3) is 0 Å². The molecule has 0 radical (unpaired) electrons. The van der Waals surface area contributed by atoms with Gasteiger partial charge in [-0.15, -0.1) is 0 Å². The Kier molecular flexibility index (Phi) is 5.05. The molecule has 0 unspecified atom stereocenters. The van der Waals surface area contributed by atoms with E-state index in [1.165, 1.54) is 11.3 Å². The molecular weight excluding hydrogens is 403 g/mol. The zero-order valence-electron chi connectivity index (χ0n) is 13.0. The van der Waals surface area contributed by atoms with E-state index in [1.54, 1.807) is 12.2 Å². The second-order valence-electron chi connectivity index (χ2n) is 5.63. The highest BCUT2D eigenvalue weighted by molar-refractivity contribution is 14.1. The molecule has 0 saturated carbocycles. The van der Waals surface area contributed by atoms with E-state index in [9.17, 15) is 4.79 Å². The predicted octanol–water partition coefficient (Wildman–Crippen LogP) is 3.55. The summed E-state index contributed by atoms with van der Waals surface area (Å²) in [4.78, 5) is 16.5. The number of amides is 1. The van der Waals surface area contributed by atoms with Crippen molar-refractivity contribution in [3.8, 4) is 0 Å². The number of halogens is 1. The molecule has 1 saturated heterocycles. The number of hydrogen-bond donors (Lipinski definition) is 0. The Balaban J connectivity index is 1.56. The smallest absolute Gasteiger partial charge is 0.246 e. The maximum atomic E-state index is 12.3. The Morgan fingerprint density at radius 1 is 1.17 bits per heavy atom. The maximum Gasteiger partial charge on any atom is 0.246 e. The van der Waals surface area contributed by atoms with Crippen LogP contribution in [0.5, 0.6) is 0 Å². The lowest BCUT2D eigenvalue weighted by Gasteiger charge is -2.35. The van der Waals surface area contributed by atoms with Gasteiger partial charge in [-0.3, -0.25) is 4.79 Å². The Morgan fingerprint density at radius 2 is 1.96 bits per heavy atom. The van der Waals surface area contributed by atoms with Crippen LogP contribution < -0.4 is 4.90 Å². The summed E-state index contributed by atoms with van der Waals surface area (Å²) in [5.41, 5.74) is 2.50. The van der Waals surface area contributed by atoms with Crippen molar-refractivity contribution in [1.82, 2.24) is 4.90 Å². The summed E-state index contributed by atoms with van der Waals surface area (Å²) < 4.78 is 6.25. The summed E-state index contributed by atoms with van der Waals surface area (Å²) in [7, 11) is 0. The van der Waals surface area contributed by atoms with Crippen LogP contribution in [0.1, 0.15) is 11.3 Å². The number of carbonyl (C=O) groups excluding carboxylic acids is 1. The van der Waals surface area contributed by atoms with Crippen molar-refractivity contribution in [2.75, 3.05) is 31.1 Å². The van der Waals surface area contributed by atoms with E-state index in [0.29, 0.717) is 5.76 Å². The molecule has 0 atom stereocenters. The van der Waals surface area contributed by atoms with Crippen molar-refractivity contribution in [1.29, 1.82) is 0 Å². The molecule has 23 heavy (non-hydrogen) atoms. The highest BCUT2D eigenvalue weighted by Gasteiger charge is 2.19. The Labute approximate surface area is 149 Å². The van der Waals surface area contributed by atoms with Crippen LogP contribution in [0.2, 0.25) is 0 Å². The maximum absolute atomic E-state index is 12.3.